The summed E-state index contributed by atoms with van der Waals surface area (Å²) >= 11 is 1.35. The third kappa shape index (κ3) is 3.21. The number of hydrogen-bond donors (Lipinski definition) is 2. The highest BCUT2D eigenvalue weighted by Gasteiger charge is 2.24. The minimum Gasteiger partial charge on any atom is -0.494 e. The first-order chi connectivity index (χ1) is 8.90. The average Bonchev–Trinajstić information content (AvgIpc) is 2.69. The first kappa shape index (κ1) is 13.8. The number of nitrogens with one attached hydrogen (secondary N) is 1. The summed E-state index contributed by atoms with van der Waals surface area (Å²) < 4.78 is 6.34. The minimum absolute atomic E-state index is 0.468. The topological polar surface area (TPSA) is 71.5 Å². The molecule has 6 heteroatoms. The van der Waals surface area contributed by atoms with E-state index in [9.17, 15) is 9.90 Å². The highest BCUT2D eigenvalue weighted by Crippen LogP contribution is 2.29. The number of thiazole rings is 1. The summed E-state index contributed by atoms with van der Waals surface area (Å²) in [5, 5.41) is 12.6. The highest BCUT2D eigenvalue weighted by atomic mass is 32.1. The van der Waals surface area contributed by atoms with Gasteiger partial charge in [-0.05, 0) is 39.0 Å². The number of carbonyl (C=O) groups excluding carboxylic acids is 1. The Morgan fingerprint density at radius 1 is 1.53 bits per heavy atom. The van der Waals surface area contributed by atoms with Gasteiger partial charge in [-0.1, -0.05) is 11.3 Å². The van der Waals surface area contributed by atoms with Gasteiger partial charge in [0.25, 0.3) is 5.91 Å². The van der Waals surface area contributed by atoms with E-state index in [2.05, 4.69) is 10.3 Å². The molecule has 0 fully saturated rings. The number of benzene rings is 1. The summed E-state index contributed by atoms with van der Waals surface area (Å²) in [5.74, 6) is 0.301. The molecule has 102 valence electrons. The molecule has 0 spiro atoms. The van der Waals surface area contributed by atoms with Crippen molar-refractivity contribution in [1.82, 2.24) is 4.98 Å². The Labute approximate surface area is 115 Å². The fourth-order valence-corrected chi connectivity index (χ4v) is 2.35. The van der Waals surface area contributed by atoms with Gasteiger partial charge in [0.2, 0.25) is 0 Å². The second-order valence-corrected chi connectivity index (χ2v) is 5.63. The highest BCUT2D eigenvalue weighted by molar-refractivity contribution is 7.22. The molecule has 2 rings (SSSR count). The lowest BCUT2D eigenvalue weighted by molar-refractivity contribution is -0.130. The van der Waals surface area contributed by atoms with Crippen LogP contribution in [0, 0.1) is 0 Å². The van der Waals surface area contributed by atoms with Crippen molar-refractivity contribution in [2.75, 3.05) is 11.9 Å². The van der Waals surface area contributed by atoms with Crippen LogP contribution in [-0.4, -0.2) is 28.2 Å². The molecule has 0 radical (unpaired) electrons. The normalized spacial score (nSPS) is 11.6. The Balaban J connectivity index is 2.24. The van der Waals surface area contributed by atoms with Crippen molar-refractivity contribution in [2.24, 2.45) is 0 Å². The van der Waals surface area contributed by atoms with Crippen LogP contribution in [-0.2, 0) is 4.79 Å². The Morgan fingerprint density at radius 3 is 2.89 bits per heavy atom. The van der Waals surface area contributed by atoms with Crippen LogP contribution in [0.2, 0.25) is 0 Å². The van der Waals surface area contributed by atoms with Gasteiger partial charge in [0.05, 0.1) is 16.8 Å². The van der Waals surface area contributed by atoms with Crippen LogP contribution in [0.15, 0.2) is 18.2 Å². The van der Waals surface area contributed by atoms with Gasteiger partial charge >= 0.3 is 0 Å². The zero-order chi connectivity index (χ0) is 14.0. The fraction of sp³-hybridized carbons (Fsp3) is 0.385. The largest absolute Gasteiger partial charge is 0.494 e. The lowest BCUT2D eigenvalue weighted by Crippen LogP contribution is -2.36. The summed E-state index contributed by atoms with van der Waals surface area (Å²) in [7, 11) is 0. The monoisotopic (exact) mass is 280 g/mol. The standard InChI is InChI=1S/C13H16N2O3S/c1-4-18-8-5-6-9-10(7-8)19-12(14-9)15-11(16)13(2,3)17/h5-7,17H,4H2,1-3H3,(H,14,15,16). The minimum atomic E-state index is -1.42. The number of fused-ring (bicyclic) bond motifs is 1. The van der Waals surface area contributed by atoms with E-state index in [4.69, 9.17) is 4.74 Å². The van der Waals surface area contributed by atoms with Gasteiger partial charge < -0.3 is 9.84 Å². The first-order valence-electron chi connectivity index (χ1n) is 5.97. The Hall–Kier alpha value is -1.66. The van der Waals surface area contributed by atoms with Crippen LogP contribution in [0.5, 0.6) is 5.75 Å². The molecule has 1 aromatic carbocycles. The summed E-state index contributed by atoms with van der Waals surface area (Å²) in [6.45, 7) is 5.39. The number of rotatable bonds is 4. The lowest BCUT2D eigenvalue weighted by atomic mass is 10.1. The predicted molar refractivity (Wildman–Crippen MR) is 75.7 cm³/mol. The zero-order valence-electron chi connectivity index (χ0n) is 11.1. The molecular formula is C13H16N2O3S. The predicted octanol–water partition coefficient (Wildman–Crippen LogP) is 2.40. The molecule has 0 bridgehead atoms. The van der Waals surface area contributed by atoms with Gasteiger partial charge in [0.1, 0.15) is 11.4 Å². The summed E-state index contributed by atoms with van der Waals surface area (Å²) in [6.07, 6.45) is 0. The van der Waals surface area contributed by atoms with Gasteiger partial charge in [0, 0.05) is 0 Å². The molecule has 1 aromatic heterocycles. The molecule has 2 N–H and O–H groups in total. The van der Waals surface area contributed by atoms with Crippen molar-refractivity contribution in [3.63, 3.8) is 0 Å². The van der Waals surface area contributed by atoms with E-state index in [0.29, 0.717) is 11.7 Å². The van der Waals surface area contributed by atoms with Crippen molar-refractivity contribution < 1.29 is 14.6 Å². The van der Waals surface area contributed by atoms with Crippen molar-refractivity contribution in [1.29, 1.82) is 0 Å². The average molecular weight is 280 g/mol. The SMILES string of the molecule is CCOc1ccc2nc(NC(=O)C(C)(C)O)sc2c1. The Bertz CT molecular complexity index is 601. The molecule has 0 aliphatic carbocycles. The second kappa shape index (κ2) is 5.14. The molecule has 19 heavy (non-hydrogen) atoms. The smallest absolute Gasteiger partial charge is 0.257 e. The van der Waals surface area contributed by atoms with E-state index in [1.807, 2.05) is 25.1 Å². The molecule has 0 saturated heterocycles. The van der Waals surface area contributed by atoms with E-state index in [0.717, 1.165) is 16.0 Å². The van der Waals surface area contributed by atoms with Crippen LogP contribution in [0.25, 0.3) is 10.2 Å². The molecule has 2 aromatic rings. The maximum Gasteiger partial charge on any atom is 0.257 e. The number of hydrogen-bond acceptors (Lipinski definition) is 5. The van der Waals surface area contributed by atoms with Gasteiger partial charge in [-0.15, -0.1) is 0 Å². The fourth-order valence-electron chi connectivity index (χ4n) is 1.46. The molecule has 0 saturated carbocycles. The number of amides is 1. The van der Waals surface area contributed by atoms with Crippen LogP contribution >= 0.6 is 11.3 Å². The molecule has 1 heterocycles. The van der Waals surface area contributed by atoms with Crippen LogP contribution < -0.4 is 10.1 Å². The molecule has 0 unspecified atom stereocenters. The third-order valence-electron chi connectivity index (χ3n) is 2.45. The number of aliphatic hydroxyl groups is 1. The number of nitrogens with zero attached hydrogens (tertiary/aromatic N) is 1. The third-order valence-corrected chi connectivity index (χ3v) is 3.38. The first-order valence-corrected chi connectivity index (χ1v) is 6.79. The van der Waals surface area contributed by atoms with Crippen molar-refractivity contribution >= 4 is 32.6 Å². The zero-order valence-corrected chi connectivity index (χ0v) is 11.9. The van der Waals surface area contributed by atoms with Gasteiger partial charge in [-0.2, -0.15) is 0 Å². The van der Waals surface area contributed by atoms with E-state index >= 15 is 0 Å². The quantitative estimate of drug-likeness (QED) is 0.902. The van der Waals surface area contributed by atoms with Crippen LogP contribution in [0.4, 0.5) is 5.13 Å². The Morgan fingerprint density at radius 2 is 2.26 bits per heavy atom. The molecule has 0 aliphatic rings. The molecule has 0 atom stereocenters. The molecule has 0 aliphatic heterocycles. The van der Waals surface area contributed by atoms with Crippen molar-refractivity contribution in [3.05, 3.63) is 18.2 Å². The maximum atomic E-state index is 11.7. The molecular weight excluding hydrogens is 264 g/mol. The maximum absolute atomic E-state index is 11.7. The van der Waals surface area contributed by atoms with E-state index in [1.165, 1.54) is 25.2 Å². The lowest BCUT2D eigenvalue weighted by Gasteiger charge is -2.14. The van der Waals surface area contributed by atoms with E-state index < -0.39 is 11.5 Å². The van der Waals surface area contributed by atoms with Gasteiger partial charge in [-0.25, -0.2) is 4.98 Å². The summed E-state index contributed by atoms with van der Waals surface area (Å²) in [6, 6.07) is 5.57. The second-order valence-electron chi connectivity index (χ2n) is 4.59. The van der Waals surface area contributed by atoms with E-state index in [1.54, 1.807) is 0 Å². The van der Waals surface area contributed by atoms with Crippen molar-refractivity contribution in [2.45, 2.75) is 26.4 Å². The number of carbonyl (C=O) groups is 1. The van der Waals surface area contributed by atoms with E-state index in [-0.39, 0.29) is 0 Å². The van der Waals surface area contributed by atoms with Crippen LogP contribution in [0.1, 0.15) is 20.8 Å². The van der Waals surface area contributed by atoms with Gasteiger partial charge in [0.15, 0.2) is 5.13 Å². The molecule has 1 amide bonds. The number of anilines is 1. The summed E-state index contributed by atoms with van der Waals surface area (Å²) in [5.41, 5.74) is -0.631. The number of ether oxygens (including phenoxy) is 1. The van der Waals surface area contributed by atoms with Gasteiger partial charge in [-0.3, -0.25) is 10.1 Å². The summed E-state index contributed by atoms with van der Waals surface area (Å²) in [4.78, 5) is 15.9. The number of aromatic nitrogens is 1. The molecule has 5 nitrogen and oxygen atoms in total. The van der Waals surface area contributed by atoms with Crippen molar-refractivity contribution in [3.8, 4) is 5.75 Å². The van der Waals surface area contributed by atoms with Crippen LogP contribution in [0.3, 0.4) is 0 Å². The Kier molecular flexibility index (Phi) is 3.73.